The van der Waals surface area contributed by atoms with Crippen molar-refractivity contribution in [3.8, 4) is 0 Å². The molecule has 102 valence electrons. The number of aromatic nitrogens is 2. The van der Waals surface area contributed by atoms with Crippen molar-refractivity contribution in [2.45, 2.75) is 32.7 Å². The minimum absolute atomic E-state index is 0.535. The van der Waals surface area contributed by atoms with Gasteiger partial charge in [0.2, 0.25) is 0 Å². The molecule has 0 bridgehead atoms. The van der Waals surface area contributed by atoms with Crippen molar-refractivity contribution in [1.82, 2.24) is 20.0 Å². The Bertz CT molecular complexity index is 385. The van der Waals surface area contributed by atoms with Crippen LogP contribution in [0.5, 0.6) is 0 Å². The van der Waals surface area contributed by atoms with Gasteiger partial charge in [-0.2, -0.15) is 5.10 Å². The summed E-state index contributed by atoms with van der Waals surface area (Å²) in [5.74, 6) is 0.712. The monoisotopic (exact) mass is 250 g/mol. The second-order valence-corrected chi connectivity index (χ2v) is 5.34. The Hall–Kier alpha value is -0.870. The van der Waals surface area contributed by atoms with E-state index >= 15 is 0 Å². The molecule has 18 heavy (non-hydrogen) atoms. The van der Waals surface area contributed by atoms with E-state index in [4.69, 9.17) is 0 Å². The predicted molar refractivity (Wildman–Crippen MR) is 74.6 cm³/mol. The van der Waals surface area contributed by atoms with E-state index in [-0.39, 0.29) is 0 Å². The molecule has 1 N–H and O–H groups in total. The van der Waals surface area contributed by atoms with Gasteiger partial charge in [0.05, 0.1) is 5.69 Å². The maximum atomic E-state index is 4.59. The molecule has 4 nitrogen and oxygen atoms in total. The van der Waals surface area contributed by atoms with Crippen LogP contribution < -0.4 is 5.32 Å². The molecular formula is C14H26N4. The maximum absolute atomic E-state index is 4.59. The van der Waals surface area contributed by atoms with Crippen molar-refractivity contribution in [2.24, 2.45) is 13.0 Å². The van der Waals surface area contributed by atoms with Gasteiger partial charge in [-0.15, -0.1) is 0 Å². The van der Waals surface area contributed by atoms with Crippen LogP contribution in [-0.4, -0.2) is 41.4 Å². The first-order valence-electron chi connectivity index (χ1n) is 7.10. The molecule has 0 aromatic carbocycles. The summed E-state index contributed by atoms with van der Waals surface area (Å²) >= 11 is 0. The van der Waals surface area contributed by atoms with E-state index in [9.17, 15) is 0 Å². The summed E-state index contributed by atoms with van der Waals surface area (Å²) in [6.07, 6.45) is 4.52. The molecule has 2 unspecified atom stereocenters. The van der Waals surface area contributed by atoms with E-state index in [0.717, 1.165) is 19.5 Å². The van der Waals surface area contributed by atoms with Crippen LogP contribution in [0.15, 0.2) is 6.20 Å². The van der Waals surface area contributed by atoms with E-state index < -0.39 is 0 Å². The molecule has 0 aliphatic carbocycles. The molecule has 1 saturated heterocycles. The molecule has 1 aliphatic rings. The van der Waals surface area contributed by atoms with E-state index in [1.807, 2.05) is 11.7 Å². The highest BCUT2D eigenvalue weighted by Gasteiger charge is 2.34. The Balaban J connectivity index is 2.21. The number of aryl methyl sites for hydroxylation is 2. The number of nitrogens with one attached hydrogen (secondary N) is 1. The molecule has 2 heterocycles. The molecule has 1 aromatic heterocycles. The van der Waals surface area contributed by atoms with Gasteiger partial charge >= 0.3 is 0 Å². The normalized spacial score (nSPS) is 24.9. The number of hydrogen-bond donors (Lipinski definition) is 1. The Morgan fingerprint density at radius 2 is 2.17 bits per heavy atom. The van der Waals surface area contributed by atoms with E-state index in [2.05, 4.69) is 42.4 Å². The van der Waals surface area contributed by atoms with Gasteiger partial charge in [-0.1, -0.05) is 13.8 Å². The zero-order valence-corrected chi connectivity index (χ0v) is 12.1. The second-order valence-electron chi connectivity index (χ2n) is 5.34. The number of nitrogens with zero attached hydrogens (tertiary/aromatic N) is 3. The van der Waals surface area contributed by atoms with Crippen molar-refractivity contribution in [2.75, 3.05) is 26.7 Å². The molecule has 2 atom stereocenters. The van der Waals surface area contributed by atoms with Gasteiger partial charge < -0.3 is 5.32 Å². The highest BCUT2D eigenvalue weighted by atomic mass is 15.3. The van der Waals surface area contributed by atoms with Crippen LogP contribution >= 0.6 is 0 Å². The first-order valence-corrected chi connectivity index (χ1v) is 7.10. The van der Waals surface area contributed by atoms with Crippen molar-refractivity contribution in [3.05, 3.63) is 17.5 Å². The van der Waals surface area contributed by atoms with Crippen LogP contribution in [-0.2, 0) is 13.5 Å². The average molecular weight is 250 g/mol. The second kappa shape index (κ2) is 5.85. The zero-order valence-electron chi connectivity index (χ0n) is 12.1. The van der Waals surface area contributed by atoms with E-state index in [0.29, 0.717) is 12.0 Å². The molecule has 0 radical (unpaired) electrons. The van der Waals surface area contributed by atoms with Crippen LogP contribution in [0.3, 0.4) is 0 Å². The van der Waals surface area contributed by atoms with Gasteiger partial charge in [0.15, 0.2) is 0 Å². The lowest BCUT2D eigenvalue weighted by Crippen LogP contribution is -2.28. The molecule has 0 saturated carbocycles. The molecule has 0 spiro atoms. The van der Waals surface area contributed by atoms with Gasteiger partial charge in [0.1, 0.15) is 0 Å². The average Bonchev–Trinajstić information content (AvgIpc) is 2.89. The van der Waals surface area contributed by atoms with Crippen molar-refractivity contribution < 1.29 is 0 Å². The van der Waals surface area contributed by atoms with Crippen LogP contribution in [0.25, 0.3) is 0 Å². The molecule has 4 heteroatoms. The Kier molecular flexibility index (Phi) is 4.40. The SMILES string of the molecule is CCNCC1CCN(C)C1c1cn(C)nc1CC. The standard InChI is InChI=1S/C14H26N4/c1-5-13-12(10-18(4)16-13)14-11(9-15-6-2)7-8-17(14)3/h10-11,14-15H,5-9H2,1-4H3. The van der Waals surface area contributed by atoms with E-state index in [1.165, 1.54) is 24.2 Å². The lowest BCUT2D eigenvalue weighted by atomic mass is 9.93. The first kappa shape index (κ1) is 13.6. The minimum Gasteiger partial charge on any atom is -0.317 e. The minimum atomic E-state index is 0.535. The Morgan fingerprint density at radius 3 is 2.83 bits per heavy atom. The quantitative estimate of drug-likeness (QED) is 0.861. The van der Waals surface area contributed by atoms with Gasteiger partial charge in [-0.25, -0.2) is 0 Å². The smallest absolute Gasteiger partial charge is 0.0669 e. The van der Waals surface area contributed by atoms with Gasteiger partial charge in [-0.3, -0.25) is 9.58 Å². The lowest BCUT2D eigenvalue weighted by Gasteiger charge is -2.25. The first-order chi connectivity index (χ1) is 8.67. The van der Waals surface area contributed by atoms with Crippen LogP contribution in [0, 0.1) is 5.92 Å². The van der Waals surface area contributed by atoms with Crippen molar-refractivity contribution in [1.29, 1.82) is 0 Å². The van der Waals surface area contributed by atoms with Gasteiger partial charge in [0, 0.05) is 24.8 Å². The summed E-state index contributed by atoms with van der Waals surface area (Å²) in [5.41, 5.74) is 2.70. The number of rotatable bonds is 5. The highest BCUT2D eigenvalue weighted by molar-refractivity contribution is 5.23. The molecule has 1 aliphatic heterocycles. The third-order valence-corrected chi connectivity index (χ3v) is 4.02. The largest absolute Gasteiger partial charge is 0.317 e. The number of likely N-dealkylation sites (tertiary alicyclic amines) is 1. The molecular weight excluding hydrogens is 224 g/mol. The fourth-order valence-electron chi connectivity index (χ4n) is 3.14. The summed E-state index contributed by atoms with van der Waals surface area (Å²) in [6, 6.07) is 0.535. The summed E-state index contributed by atoms with van der Waals surface area (Å²) in [5, 5.41) is 8.09. The van der Waals surface area contributed by atoms with Crippen molar-refractivity contribution >= 4 is 0 Å². The van der Waals surface area contributed by atoms with Crippen LogP contribution in [0.1, 0.15) is 37.6 Å². The number of hydrogen-bond acceptors (Lipinski definition) is 3. The van der Waals surface area contributed by atoms with E-state index in [1.54, 1.807) is 0 Å². The Morgan fingerprint density at radius 1 is 1.39 bits per heavy atom. The fourth-order valence-corrected chi connectivity index (χ4v) is 3.14. The predicted octanol–water partition coefficient (Wildman–Crippen LogP) is 1.58. The maximum Gasteiger partial charge on any atom is 0.0669 e. The summed E-state index contributed by atoms with van der Waals surface area (Å²) in [6.45, 7) is 7.73. The van der Waals surface area contributed by atoms with Crippen LogP contribution in [0.4, 0.5) is 0 Å². The van der Waals surface area contributed by atoms with Crippen molar-refractivity contribution in [3.63, 3.8) is 0 Å². The summed E-state index contributed by atoms with van der Waals surface area (Å²) in [7, 11) is 4.26. The molecule has 0 amide bonds. The molecule has 1 aromatic rings. The zero-order chi connectivity index (χ0) is 13.1. The van der Waals surface area contributed by atoms with Gasteiger partial charge in [-0.05, 0) is 45.4 Å². The van der Waals surface area contributed by atoms with Crippen LogP contribution in [0.2, 0.25) is 0 Å². The summed E-state index contributed by atoms with van der Waals surface area (Å²) < 4.78 is 1.96. The third-order valence-electron chi connectivity index (χ3n) is 4.02. The fraction of sp³-hybridized carbons (Fsp3) is 0.786. The van der Waals surface area contributed by atoms with Gasteiger partial charge in [0.25, 0.3) is 0 Å². The Labute approximate surface area is 110 Å². The highest BCUT2D eigenvalue weighted by Crippen LogP contribution is 2.37. The summed E-state index contributed by atoms with van der Waals surface area (Å²) in [4.78, 5) is 2.48. The molecule has 1 fully saturated rings. The molecule has 2 rings (SSSR count). The third kappa shape index (κ3) is 2.59. The topological polar surface area (TPSA) is 33.1 Å². The lowest BCUT2D eigenvalue weighted by molar-refractivity contribution is 0.271.